The van der Waals surface area contributed by atoms with Crippen molar-refractivity contribution in [3.8, 4) is 0 Å². The summed E-state index contributed by atoms with van der Waals surface area (Å²) in [6.45, 7) is 1.48. The van der Waals surface area contributed by atoms with Crippen molar-refractivity contribution < 1.29 is 66.7 Å². The fourth-order valence-corrected chi connectivity index (χ4v) is 6.17. The number of hydrogen-bond acceptors (Lipinski definition) is 11. The van der Waals surface area contributed by atoms with E-state index in [0.29, 0.717) is 32.1 Å². The van der Waals surface area contributed by atoms with Crippen LogP contribution in [0, 0.1) is 0 Å². The number of unbranched alkanes of at least 4 members (excludes halogenated alkanes) is 9. The van der Waals surface area contributed by atoms with Gasteiger partial charge in [0.1, 0.15) is 12.7 Å². The standard InChI is InChI=1S/C44H74O14P2/c1-3-5-7-9-11-12-13-14-15-16-17-18-22-26-30-34-43(47)54-38-42(39-57-60(52,53)56-37-41(46)36-55-59(49,50)51)58-44(48)35-31-27-23-20-19-21-25-29-33-40(45)32-28-24-10-8-6-4-2/h11-12,14-15,17-18,20-21,23-25,28-29,33,40-42,45-46H,3-10,13,16,19,22,26-27,30-32,34-39H2,1-2H3,(H,52,53)(H2,49,50,51)/b12-11-,15-14-,18-17-,23-20-,25-21-,28-24-,33-29+/t40-,41-,42+/m0/s1. The van der Waals surface area contributed by atoms with E-state index in [0.717, 1.165) is 38.5 Å². The lowest BCUT2D eigenvalue weighted by Crippen LogP contribution is -2.29. The number of allylic oxidation sites excluding steroid dienone is 12. The van der Waals surface area contributed by atoms with Crippen molar-refractivity contribution in [2.75, 3.05) is 26.4 Å². The van der Waals surface area contributed by atoms with Crippen LogP contribution in [-0.4, -0.2) is 81.6 Å². The fourth-order valence-electron chi connectivity index (χ4n) is 5.02. The number of aliphatic hydroxyl groups is 2. The van der Waals surface area contributed by atoms with E-state index in [1.54, 1.807) is 6.08 Å². The summed E-state index contributed by atoms with van der Waals surface area (Å²) >= 11 is 0. The molecule has 0 fully saturated rings. The van der Waals surface area contributed by atoms with E-state index in [4.69, 9.17) is 23.8 Å². The number of esters is 2. The van der Waals surface area contributed by atoms with E-state index in [-0.39, 0.29) is 12.8 Å². The van der Waals surface area contributed by atoms with Crippen LogP contribution in [0.5, 0.6) is 0 Å². The largest absolute Gasteiger partial charge is 0.472 e. The second-order valence-electron chi connectivity index (χ2n) is 14.1. The van der Waals surface area contributed by atoms with Crippen molar-refractivity contribution in [2.45, 2.75) is 154 Å². The third kappa shape index (κ3) is 42.0. The zero-order valence-electron chi connectivity index (χ0n) is 35.9. The normalized spacial score (nSPS) is 15.4. The number of carbonyl (C=O) groups excluding carboxylic acids is 2. The summed E-state index contributed by atoms with van der Waals surface area (Å²) in [5.74, 6) is -1.19. The summed E-state index contributed by atoms with van der Waals surface area (Å²) in [5, 5.41) is 19.8. The first-order valence-corrected chi connectivity index (χ1v) is 24.4. The molecule has 0 spiro atoms. The molecule has 5 N–H and O–H groups in total. The molecule has 14 nitrogen and oxygen atoms in total. The Kier molecular flexibility index (Phi) is 37.3. The second-order valence-corrected chi connectivity index (χ2v) is 16.8. The van der Waals surface area contributed by atoms with Gasteiger partial charge in [0.15, 0.2) is 6.10 Å². The molecule has 0 bridgehead atoms. The molecular formula is C44H74O14P2. The molecule has 0 heterocycles. The summed E-state index contributed by atoms with van der Waals surface area (Å²) in [6.07, 6.45) is 40.4. The van der Waals surface area contributed by atoms with Gasteiger partial charge in [0.05, 0.1) is 25.9 Å². The van der Waals surface area contributed by atoms with Crippen LogP contribution in [0.4, 0.5) is 0 Å². The van der Waals surface area contributed by atoms with E-state index in [2.05, 4.69) is 65.4 Å². The Balaban J connectivity index is 4.77. The quantitative estimate of drug-likeness (QED) is 0.0128. The maximum atomic E-state index is 12.6. The third-order valence-electron chi connectivity index (χ3n) is 8.33. The highest BCUT2D eigenvalue weighted by atomic mass is 31.2. The summed E-state index contributed by atoms with van der Waals surface area (Å²) < 4.78 is 47.6. The maximum Gasteiger partial charge on any atom is 0.472 e. The van der Waals surface area contributed by atoms with E-state index < -0.39 is 72.3 Å². The summed E-state index contributed by atoms with van der Waals surface area (Å²) in [7, 11) is -9.73. The first-order chi connectivity index (χ1) is 28.8. The third-order valence-corrected chi connectivity index (χ3v) is 9.76. The molecule has 0 amide bonds. The topological polar surface area (TPSA) is 216 Å². The first-order valence-electron chi connectivity index (χ1n) is 21.4. The molecule has 0 aliphatic heterocycles. The number of aliphatic hydroxyl groups excluding tert-OH is 2. The van der Waals surface area contributed by atoms with Gasteiger partial charge in [-0.3, -0.25) is 23.2 Å². The predicted molar refractivity (Wildman–Crippen MR) is 236 cm³/mol. The van der Waals surface area contributed by atoms with E-state index in [1.807, 2.05) is 36.5 Å². The molecule has 1 unspecified atom stereocenters. The molecule has 0 rings (SSSR count). The first kappa shape index (κ1) is 57.3. The van der Waals surface area contributed by atoms with Gasteiger partial charge in [0.2, 0.25) is 0 Å². The Morgan fingerprint density at radius 1 is 0.550 bits per heavy atom. The SMILES string of the molecule is CCCCC/C=C\C/C=C\C/C=C\CCCCC(=O)OC[C@H](COP(=O)(O)OC[C@@H](O)COP(=O)(O)O)OC(=O)CCC/C=C\C/C=C\C=C\[C@@H](O)C/C=C\CCCCC. The molecule has 0 saturated heterocycles. The van der Waals surface area contributed by atoms with Crippen LogP contribution in [0.15, 0.2) is 85.1 Å². The number of hydrogen-bond donors (Lipinski definition) is 5. The van der Waals surface area contributed by atoms with Crippen LogP contribution in [0.2, 0.25) is 0 Å². The lowest BCUT2D eigenvalue weighted by molar-refractivity contribution is -0.161. The average Bonchev–Trinajstić information content (AvgIpc) is 3.20. The molecule has 0 aromatic carbocycles. The average molecular weight is 889 g/mol. The molecule has 0 radical (unpaired) electrons. The van der Waals surface area contributed by atoms with Crippen LogP contribution >= 0.6 is 15.6 Å². The number of phosphoric acid groups is 2. The summed E-state index contributed by atoms with van der Waals surface area (Å²) in [5.41, 5.74) is 0. The molecule has 60 heavy (non-hydrogen) atoms. The molecule has 0 aliphatic rings. The van der Waals surface area contributed by atoms with Gasteiger partial charge in [-0.25, -0.2) is 9.13 Å². The smallest absolute Gasteiger partial charge is 0.462 e. The van der Waals surface area contributed by atoms with Gasteiger partial charge in [-0.1, -0.05) is 125 Å². The Morgan fingerprint density at radius 2 is 1.05 bits per heavy atom. The summed E-state index contributed by atoms with van der Waals surface area (Å²) in [4.78, 5) is 52.6. The molecular weight excluding hydrogens is 814 g/mol. The molecule has 0 saturated carbocycles. The molecule has 4 atom stereocenters. The maximum absolute atomic E-state index is 12.6. The van der Waals surface area contributed by atoms with Crippen molar-refractivity contribution in [1.29, 1.82) is 0 Å². The van der Waals surface area contributed by atoms with Crippen molar-refractivity contribution in [1.82, 2.24) is 0 Å². The zero-order valence-corrected chi connectivity index (χ0v) is 37.7. The van der Waals surface area contributed by atoms with Gasteiger partial charge in [-0.05, 0) is 83.5 Å². The summed E-state index contributed by atoms with van der Waals surface area (Å²) in [6, 6.07) is 0. The molecule has 0 aromatic heterocycles. The number of ether oxygens (including phenoxy) is 2. The Hall–Kier alpha value is -2.74. The Bertz CT molecular complexity index is 1400. The van der Waals surface area contributed by atoms with Crippen molar-refractivity contribution in [2.24, 2.45) is 0 Å². The monoisotopic (exact) mass is 888 g/mol. The fraction of sp³-hybridized carbons (Fsp3) is 0.636. The molecule has 16 heteroatoms. The highest BCUT2D eigenvalue weighted by molar-refractivity contribution is 7.47. The Labute approximate surface area is 359 Å². The Morgan fingerprint density at radius 3 is 1.65 bits per heavy atom. The van der Waals surface area contributed by atoms with Crippen molar-refractivity contribution in [3.63, 3.8) is 0 Å². The highest BCUT2D eigenvalue weighted by Crippen LogP contribution is 2.43. The minimum atomic E-state index is -4.88. The van der Waals surface area contributed by atoms with Crippen LogP contribution in [-0.2, 0) is 41.8 Å². The van der Waals surface area contributed by atoms with Crippen LogP contribution in [0.1, 0.15) is 136 Å². The lowest BCUT2D eigenvalue weighted by Gasteiger charge is -2.20. The number of phosphoric ester groups is 2. The van der Waals surface area contributed by atoms with Gasteiger partial charge in [0.25, 0.3) is 0 Å². The number of rotatable bonds is 39. The second kappa shape index (κ2) is 39.1. The van der Waals surface area contributed by atoms with Crippen molar-refractivity contribution >= 4 is 27.6 Å². The molecule has 0 aromatic rings. The molecule has 0 aliphatic carbocycles. The van der Waals surface area contributed by atoms with E-state index in [1.165, 1.54) is 38.5 Å². The zero-order chi connectivity index (χ0) is 44.6. The van der Waals surface area contributed by atoms with Crippen LogP contribution in [0.3, 0.4) is 0 Å². The van der Waals surface area contributed by atoms with Gasteiger partial charge >= 0.3 is 27.6 Å². The van der Waals surface area contributed by atoms with Crippen LogP contribution in [0.25, 0.3) is 0 Å². The van der Waals surface area contributed by atoms with Gasteiger partial charge < -0.3 is 34.4 Å². The predicted octanol–water partition coefficient (Wildman–Crippen LogP) is 9.75. The van der Waals surface area contributed by atoms with Crippen molar-refractivity contribution in [3.05, 3.63) is 85.1 Å². The van der Waals surface area contributed by atoms with Gasteiger partial charge in [-0.15, -0.1) is 0 Å². The van der Waals surface area contributed by atoms with E-state index in [9.17, 15) is 33.8 Å². The van der Waals surface area contributed by atoms with Gasteiger partial charge in [-0.2, -0.15) is 0 Å². The minimum absolute atomic E-state index is 0.0107. The minimum Gasteiger partial charge on any atom is -0.462 e. The lowest BCUT2D eigenvalue weighted by atomic mass is 10.1. The van der Waals surface area contributed by atoms with Gasteiger partial charge in [0, 0.05) is 12.8 Å². The highest BCUT2D eigenvalue weighted by Gasteiger charge is 2.28. The molecule has 344 valence electrons. The van der Waals surface area contributed by atoms with E-state index >= 15 is 0 Å². The van der Waals surface area contributed by atoms with Crippen LogP contribution < -0.4 is 0 Å². The number of carbonyl (C=O) groups is 2.